The molecule has 8 heteroatoms. The van der Waals surface area contributed by atoms with Crippen LogP contribution in [0.4, 0.5) is 10.1 Å². The lowest BCUT2D eigenvalue weighted by molar-refractivity contribution is -0.121. The number of carbonyl (C=O) groups excluding carboxylic acids is 4. The molecule has 2 aromatic carbocycles. The Hall–Kier alpha value is -3.55. The predicted octanol–water partition coefficient (Wildman–Crippen LogP) is 2.55. The van der Waals surface area contributed by atoms with Gasteiger partial charge < -0.3 is 20.3 Å². The number of likely N-dealkylation sites (N-methyl/N-ethyl adjacent to an activating group) is 1. The maximum absolute atomic E-state index is 14.1. The van der Waals surface area contributed by atoms with Crippen molar-refractivity contribution in [3.63, 3.8) is 0 Å². The minimum Gasteiger partial charge on any atom is -0.381 e. The van der Waals surface area contributed by atoms with Gasteiger partial charge >= 0.3 is 0 Å². The van der Waals surface area contributed by atoms with Gasteiger partial charge in [-0.05, 0) is 44.2 Å². The van der Waals surface area contributed by atoms with E-state index in [0.29, 0.717) is 28.9 Å². The molecule has 0 fully saturated rings. The lowest BCUT2D eigenvalue weighted by atomic mass is 10.1. The summed E-state index contributed by atoms with van der Waals surface area (Å²) in [5.74, 6) is -0.986. The molecule has 0 aliphatic carbocycles. The Morgan fingerprint density at radius 1 is 1.23 bits per heavy atom. The Bertz CT molecular complexity index is 975. The molecule has 30 heavy (non-hydrogen) atoms. The number of nitrogens with one attached hydrogen (secondary N) is 2. The highest BCUT2D eigenvalue weighted by atomic mass is 19.1. The molecule has 0 atom stereocenters. The van der Waals surface area contributed by atoms with Crippen LogP contribution >= 0.6 is 0 Å². The monoisotopic (exact) mass is 413 g/mol. The second-order valence-electron chi connectivity index (χ2n) is 6.62. The summed E-state index contributed by atoms with van der Waals surface area (Å²) in [7, 11) is 1.52. The van der Waals surface area contributed by atoms with E-state index in [9.17, 15) is 18.8 Å². The number of halogens is 1. The number of Topliss-reactive ketones (excluding diaryl/α,β-unsaturated/α-hetero) is 1. The Balaban J connectivity index is 0.00000101. The van der Waals surface area contributed by atoms with Crippen LogP contribution in [0.3, 0.4) is 0 Å². The fourth-order valence-electron chi connectivity index (χ4n) is 3.06. The summed E-state index contributed by atoms with van der Waals surface area (Å²) in [6.07, 6.45) is 0.750. The van der Waals surface area contributed by atoms with Gasteiger partial charge in [-0.15, -0.1) is 0 Å². The molecular weight excluding hydrogens is 389 g/mol. The van der Waals surface area contributed by atoms with E-state index >= 15 is 0 Å². The summed E-state index contributed by atoms with van der Waals surface area (Å²) in [4.78, 5) is 45.8. The standard InChI is InChI=1S/C20H20FN3O3.C2H4O/c1-12(25)13-6-7-17(21)14(8-13)9-23-18-5-3-4-15-16(18)10-24(20(15)27)11-19(26)22-2;1-2-3/h3-8,23H,9-11H2,1-2H3,(H,22,26);2H,1H3. The van der Waals surface area contributed by atoms with E-state index < -0.39 is 5.82 Å². The zero-order valence-electron chi connectivity index (χ0n) is 17.1. The zero-order chi connectivity index (χ0) is 22.3. The van der Waals surface area contributed by atoms with Crippen LogP contribution in [-0.4, -0.2) is 42.4 Å². The fraction of sp³-hybridized carbons (Fsp3) is 0.273. The molecule has 0 unspecified atom stereocenters. The minimum atomic E-state index is -0.405. The number of benzene rings is 2. The zero-order valence-corrected chi connectivity index (χ0v) is 17.1. The molecule has 0 spiro atoms. The highest BCUT2D eigenvalue weighted by Crippen LogP contribution is 2.29. The van der Waals surface area contributed by atoms with E-state index in [0.717, 1.165) is 11.8 Å². The van der Waals surface area contributed by atoms with Gasteiger partial charge in [0.05, 0.1) is 0 Å². The van der Waals surface area contributed by atoms with Gasteiger partial charge in [0.1, 0.15) is 18.6 Å². The lowest BCUT2D eigenvalue weighted by Gasteiger charge is -2.15. The molecule has 0 saturated heterocycles. The highest BCUT2D eigenvalue weighted by Gasteiger charge is 2.30. The van der Waals surface area contributed by atoms with Crippen LogP contribution in [-0.2, 0) is 22.7 Å². The van der Waals surface area contributed by atoms with Crippen molar-refractivity contribution < 1.29 is 23.6 Å². The van der Waals surface area contributed by atoms with Gasteiger partial charge in [0.25, 0.3) is 5.91 Å². The van der Waals surface area contributed by atoms with E-state index in [1.165, 1.54) is 44.0 Å². The first-order valence-corrected chi connectivity index (χ1v) is 9.37. The summed E-state index contributed by atoms with van der Waals surface area (Å²) in [5, 5.41) is 5.65. The molecule has 0 radical (unpaired) electrons. The maximum Gasteiger partial charge on any atom is 0.255 e. The summed E-state index contributed by atoms with van der Waals surface area (Å²) in [6.45, 7) is 3.34. The molecule has 7 nitrogen and oxygen atoms in total. The van der Waals surface area contributed by atoms with Crippen LogP contribution in [0.1, 0.15) is 45.7 Å². The third-order valence-corrected chi connectivity index (χ3v) is 4.58. The number of hydrogen-bond donors (Lipinski definition) is 2. The number of fused-ring (bicyclic) bond motifs is 1. The Labute approximate surface area is 174 Å². The normalized spacial score (nSPS) is 11.9. The van der Waals surface area contributed by atoms with Gasteiger partial charge in [0.15, 0.2) is 5.78 Å². The Morgan fingerprint density at radius 2 is 1.93 bits per heavy atom. The van der Waals surface area contributed by atoms with Gasteiger partial charge in [0.2, 0.25) is 5.91 Å². The van der Waals surface area contributed by atoms with E-state index in [4.69, 9.17) is 4.79 Å². The quantitative estimate of drug-likeness (QED) is 0.561. The van der Waals surface area contributed by atoms with Crippen molar-refractivity contribution in [2.45, 2.75) is 26.9 Å². The first-order valence-electron chi connectivity index (χ1n) is 9.37. The highest BCUT2D eigenvalue weighted by molar-refractivity contribution is 6.01. The number of hydrogen-bond acceptors (Lipinski definition) is 5. The lowest BCUT2D eigenvalue weighted by Crippen LogP contribution is -2.35. The van der Waals surface area contributed by atoms with Gasteiger partial charge in [-0.1, -0.05) is 6.07 Å². The number of amides is 2. The van der Waals surface area contributed by atoms with E-state index in [1.807, 2.05) is 6.07 Å². The number of ketones is 1. The van der Waals surface area contributed by atoms with Crippen LogP contribution < -0.4 is 10.6 Å². The second kappa shape index (κ2) is 10.3. The van der Waals surface area contributed by atoms with Crippen LogP contribution in [0.2, 0.25) is 0 Å². The van der Waals surface area contributed by atoms with Gasteiger partial charge in [0, 0.05) is 48.1 Å². The van der Waals surface area contributed by atoms with Crippen molar-refractivity contribution in [2.24, 2.45) is 0 Å². The summed E-state index contributed by atoms with van der Waals surface area (Å²) < 4.78 is 14.1. The molecule has 1 aliphatic heterocycles. The molecular formula is C22H24FN3O4. The van der Waals surface area contributed by atoms with Gasteiger partial charge in [-0.25, -0.2) is 4.39 Å². The number of carbonyl (C=O) groups is 4. The first kappa shape index (κ1) is 22.7. The molecule has 158 valence electrons. The number of anilines is 1. The first-order chi connectivity index (χ1) is 14.3. The van der Waals surface area contributed by atoms with Crippen molar-refractivity contribution >= 4 is 29.6 Å². The maximum atomic E-state index is 14.1. The molecule has 0 bridgehead atoms. The fourth-order valence-corrected chi connectivity index (χ4v) is 3.06. The smallest absolute Gasteiger partial charge is 0.255 e. The van der Waals surface area contributed by atoms with E-state index in [1.54, 1.807) is 12.1 Å². The molecule has 0 aromatic heterocycles. The van der Waals surface area contributed by atoms with Crippen LogP contribution in [0.5, 0.6) is 0 Å². The van der Waals surface area contributed by atoms with E-state index in [2.05, 4.69) is 10.6 Å². The average molecular weight is 413 g/mol. The Kier molecular flexibility index (Phi) is 7.80. The van der Waals surface area contributed by atoms with Crippen LogP contribution in [0.15, 0.2) is 36.4 Å². The second-order valence-corrected chi connectivity index (χ2v) is 6.62. The average Bonchev–Trinajstić information content (AvgIpc) is 3.04. The summed E-state index contributed by atoms with van der Waals surface area (Å²) in [5.41, 5.74) is 2.81. The summed E-state index contributed by atoms with van der Waals surface area (Å²) >= 11 is 0. The molecule has 3 rings (SSSR count). The van der Waals surface area contributed by atoms with Gasteiger partial charge in [-0.2, -0.15) is 0 Å². The SMILES string of the molecule is CC=O.CNC(=O)CN1Cc2c(NCc3cc(C(C)=O)ccc3F)cccc2C1=O. The van der Waals surface area contributed by atoms with Crippen molar-refractivity contribution in [3.05, 3.63) is 64.5 Å². The van der Waals surface area contributed by atoms with Gasteiger partial charge in [-0.3, -0.25) is 14.4 Å². The molecule has 1 heterocycles. The molecule has 2 amide bonds. The predicted molar refractivity (Wildman–Crippen MR) is 111 cm³/mol. The third kappa shape index (κ3) is 5.28. The van der Waals surface area contributed by atoms with Crippen LogP contribution in [0.25, 0.3) is 0 Å². The number of rotatable bonds is 6. The molecule has 0 saturated carbocycles. The van der Waals surface area contributed by atoms with Crippen molar-refractivity contribution in [1.29, 1.82) is 0 Å². The Morgan fingerprint density at radius 3 is 2.57 bits per heavy atom. The minimum absolute atomic E-state index is 0.0151. The topological polar surface area (TPSA) is 95.6 Å². The van der Waals surface area contributed by atoms with Crippen LogP contribution in [0, 0.1) is 5.82 Å². The molecule has 2 aromatic rings. The van der Waals surface area contributed by atoms with E-state index in [-0.39, 0.29) is 30.7 Å². The number of aldehydes is 1. The van der Waals surface area contributed by atoms with Crippen molar-refractivity contribution in [1.82, 2.24) is 10.2 Å². The largest absolute Gasteiger partial charge is 0.381 e. The van der Waals surface area contributed by atoms with Crippen molar-refractivity contribution in [3.8, 4) is 0 Å². The number of nitrogens with zero attached hydrogens (tertiary/aromatic N) is 1. The molecule has 2 N–H and O–H groups in total. The van der Waals surface area contributed by atoms with Crippen molar-refractivity contribution in [2.75, 3.05) is 18.9 Å². The summed E-state index contributed by atoms with van der Waals surface area (Å²) in [6, 6.07) is 9.52. The third-order valence-electron chi connectivity index (χ3n) is 4.58. The molecule has 1 aliphatic rings.